The third-order valence-corrected chi connectivity index (χ3v) is 4.53. The number of aliphatic hydroxyl groups is 1. The predicted molar refractivity (Wildman–Crippen MR) is 132 cm³/mol. The van der Waals surface area contributed by atoms with Crippen molar-refractivity contribution in [1.29, 1.82) is 1.43 Å². The summed E-state index contributed by atoms with van der Waals surface area (Å²) in [5.74, 6) is -5.90. The molecule has 0 aliphatic carbocycles. The summed E-state index contributed by atoms with van der Waals surface area (Å²) in [5, 5.41) is 1.58. The van der Waals surface area contributed by atoms with Gasteiger partial charge in [0.25, 0.3) is 5.91 Å². The first-order chi connectivity index (χ1) is 26.3. The third-order valence-electron chi connectivity index (χ3n) is 3.42. The van der Waals surface area contributed by atoms with E-state index in [9.17, 15) is 4.79 Å². The molecular weight excluding hydrogens is 462 g/mol. The minimum atomic E-state index is -4.24. The highest BCUT2D eigenvalue weighted by atomic mass is 35.5. The molecular formula is C22H26ClN7O2S. The fourth-order valence-corrected chi connectivity index (χ4v) is 2.92. The zero-order valence-corrected chi connectivity index (χ0v) is 17.3. The van der Waals surface area contributed by atoms with Crippen molar-refractivity contribution in [2.75, 3.05) is 54.6 Å². The van der Waals surface area contributed by atoms with Crippen LogP contribution in [-0.4, -0.2) is 71.3 Å². The summed E-state index contributed by atoms with van der Waals surface area (Å²) in [6, 6.07) is -4.45. The van der Waals surface area contributed by atoms with Crippen LogP contribution >= 0.6 is 22.9 Å². The Morgan fingerprint density at radius 3 is 3.09 bits per heavy atom. The lowest BCUT2D eigenvalue weighted by atomic mass is 10.2. The van der Waals surface area contributed by atoms with Gasteiger partial charge in [-0.15, -0.1) is 0 Å². The summed E-state index contributed by atoms with van der Waals surface area (Å²) in [7, 11) is 0. The number of anilines is 4. The minimum Gasteiger partial charge on any atom is -0.395 e. The molecule has 0 atom stereocenters. The first kappa shape index (κ1) is 7.35. The van der Waals surface area contributed by atoms with E-state index in [1.807, 2.05) is 0 Å². The zero-order chi connectivity index (χ0) is 45.9. The van der Waals surface area contributed by atoms with Gasteiger partial charge in [-0.1, -0.05) is 35.0 Å². The van der Waals surface area contributed by atoms with Gasteiger partial charge in [0.15, 0.2) is 7.96 Å². The lowest BCUT2D eigenvalue weighted by molar-refractivity contribution is 0.103. The van der Waals surface area contributed by atoms with E-state index in [2.05, 4.69) is 20.1 Å². The molecule has 2 aromatic heterocycles. The Kier molecular flexibility index (Phi) is 2.32. The van der Waals surface area contributed by atoms with E-state index >= 15 is 0 Å². The molecule has 9 nitrogen and oxygen atoms in total. The molecule has 0 unspecified atom stereocenters. The molecule has 0 spiro atoms. The predicted octanol–water partition coefficient (Wildman–Crippen LogP) is 3.31. The number of rotatable bonds is 8. The fourth-order valence-electron chi connectivity index (χ4n) is 2.10. The van der Waals surface area contributed by atoms with Gasteiger partial charge in [-0.2, -0.15) is 0 Å². The largest absolute Gasteiger partial charge is 0.395 e. The van der Waals surface area contributed by atoms with Crippen molar-refractivity contribution in [2.24, 2.45) is 0 Å². The van der Waals surface area contributed by atoms with Gasteiger partial charge in [-0.25, -0.2) is 15.0 Å². The van der Waals surface area contributed by atoms with Gasteiger partial charge >= 0.3 is 0 Å². The van der Waals surface area contributed by atoms with E-state index in [-0.39, 0.29) is 22.0 Å². The topological polar surface area (TPSA) is 107 Å². The molecule has 3 aromatic rings. The Bertz CT molecular complexity index is 2150. The van der Waals surface area contributed by atoms with Crippen LogP contribution in [0.2, 0.25) is 7.85 Å². The van der Waals surface area contributed by atoms with Crippen molar-refractivity contribution in [2.45, 2.75) is 13.7 Å². The number of para-hydroxylation sites is 1. The number of nitrogens with one attached hydrogen (secondary N) is 2. The quantitative estimate of drug-likeness (QED) is 0.421. The monoisotopic (exact) mass is 513 g/mol. The second-order valence-corrected chi connectivity index (χ2v) is 6.89. The lowest BCUT2D eigenvalue weighted by Crippen LogP contribution is -2.47. The number of nitrogens with zero attached hydrogens (tertiary/aromatic N) is 5. The van der Waals surface area contributed by atoms with Crippen molar-refractivity contribution in [3.63, 3.8) is 0 Å². The van der Waals surface area contributed by atoms with Gasteiger partial charge in [-0.05, 0) is 25.3 Å². The summed E-state index contributed by atoms with van der Waals surface area (Å²) in [4.78, 5) is 22.0. The fraction of sp³-hybridized carbons (Fsp3) is 0.364. The lowest BCUT2D eigenvalue weighted by Gasteiger charge is -2.35. The molecule has 3 N–H and O–H groups in total. The van der Waals surface area contributed by atoms with Crippen LogP contribution in [0, 0.1) is 13.7 Å². The molecule has 0 saturated carbocycles. The van der Waals surface area contributed by atoms with Gasteiger partial charge in [0.05, 0.1) is 38.5 Å². The number of thiazole rings is 1. The van der Waals surface area contributed by atoms with Crippen LogP contribution in [-0.2, 0) is 0 Å². The Morgan fingerprint density at radius 1 is 1.42 bits per heavy atom. The maximum atomic E-state index is 13.6. The number of carbonyl (C=O) groups is 1. The Morgan fingerprint density at radius 2 is 2.30 bits per heavy atom. The van der Waals surface area contributed by atoms with E-state index in [1.165, 1.54) is 0 Å². The van der Waals surface area contributed by atoms with Gasteiger partial charge in [0.2, 0.25) is 1.43 Å². The molecule has 0 bridgehead atoms. The molecule has 4 rings (SSSR count). The van der Waals surface area contributed by atoms with Crippen LogP contribution in [0.25, 0.3) is 0 Å². The number of aromatic nitrogens is 3. The second-order valence-electron chi connectivity index (χ2n) is 5.53. The number of piperazine rings is 1. The molecule has 33 heavy (non-hydrogen) atoms. The molecule has 1 aliphatic rings. The van der Waals surface area contributed by atoms with E-state index in [0.29, 0.717) is 0 Å². The van der Waals surface area contributed by atoms with Gasteiger partial charge < -0.3 is 20.6 Å². The van der Waals surface area contributed by atoms with Crippen molar-refractivity contribution in [3.05, 3.63) is 51.6 Å². The molecule has 1 aromatic carbocycles. The number of hydrogen-bond acceptors (Lipinski definition) is 9. The molecule has 0 radical (unpaired) electrons. The third kappa shape index (κ3) is 5.77. The molecule has 11 heteroatoms. The second kappa shape index (κ2) is 10.4. The minimum absolute atomic E-state index is 0.0313. The van der Waals surface area contributed by atoms with Crippen molar-refractivity contribution in [3.8, 4) is 0 Å². The highest BCUT2D eigenvalue weighted by molar-refractivity contribution is 7.17. The average Bonchev–Trinajstić information content (AvgIpc) is 3.47. The van der Waals surface area contributed by atoms with Crippen LogP contribution in [0.5, 0.6) is 0 Å². The summed E-state index contributed by atoms with van der Waals surface area (Å²) >= 11 is 6.11. The van der Waals surface area contributed by atoms with E-state index in [4.69, 9.17) is 47.4 Å². The van der Waals surface area contributed by atoms with E-state index in [1.54, 1.807) is 0 Å². The number of carbonyl (C=O) groups excluding carboxylic acids is 1. The smallest absolute Gasteiger partial charge is 0.267 e. The van der Waals surface area contributed by atoms with E-state index in [0.717, 1.165) is 0 Å². The number of aryl methyl sites for hydroxylation is 1. The van der Waals surface area contributed by atoms with Crippen LogP contribution < -0.4 is 15.5 Å². The number of hydrogen-bond donors (Lipinski definition) is 3. The standard InChI is InChI=1S/C22H26ClN7O2S/c1-14-4-3-5-16(23)20(14)28-21(32)17-13-24-22(33-17)27-18-12-19(26-15(2)25-18)30-8-6-29(7-9-30)10-11-31/h3-5,12-13,31H,6-11H2,1-2H3,(H,28,32)(H,24,25,26,27)/i1D3,2D3,3D,4D,5D,6D2,7D2,8D2,9D2,10D2,11D2,12D,13D,31D/hD2. The molecule has 1 fully saturated rings. The Labute approximate surface area is 238 Å². The summed E-state index contributed by atoms with van der Waals surface area (Å²) < 4.78 is 212. The van der Waals surface area contributed by atoms with Gasteiger partial charge in [-0.3, -0.25) is 9.69 Å². The Hall–Kier alpha value is -2.79. The molecule has 3 heterocycles. The average molecular weight is 514 g/mol. The SMILES string of the molecule is [2H]OC([2H])([2H])C([2H])([2H])N1C([2H])([2H])C([2H])([2H])N(c2nc(C([2H])([2H])[2H])nc(N([2H])c3nc([2H])c(C(=O)N([2H])c4c(Cl)c([2H])c([2H])c([2H])c4C([2H])([2H])[2H])s3)c2[2H])C([2H])([2H])C1([2H])[2H]. The zero-order valence-electron chi connectivity index (χ0n) is 41.7. The number of benzene rings is 1. The van der Waals surface area contributed by atoms with Crippen molar-refractivity contribution < 1.29 is 44.3 Å². The van der Waals surface area contributed by atoms with Crippen LogP contribution in [0.3, 0.4) is 0 Å². The van der Waals surface area contributed by atoms with Crippen LogP contribution in [0.4, 0.5) is 22.5 Å². The first-order valence-electron chi connectivity index (χ1n) is 21.1. The molecule has 1 amide bonds. The van der Waals surface area contributed by atoms with Crippen LogP contribution in [0.15, 0.2) is 30.3 Å². The summed E-state index contributed by atoms with van der Waals surface area (Å²) in [6.07, 6.45) is -1.07. The highest BCUT2D eigenvalue weighted by Crippen LogP contribution is 2.28. The first-order valence-corrected chi connectivity index (χ1v) is 9.53. The maximum absolute atomic E-state index is 13.6. The summed E-state index contributed by atoms with van der Waals surface area (Å²) in [5.41, 5.74) is -2.14. The molecule has 174 valence electrons. The normalized spacial score (nSPS) is 33.5. The summed E-state index contributed by atoms with van der Waals surface area (Å²) in [6.45, 7) is -31.8. The van der Waals surface area contributed by atoms with Crippen molar-refractivity contribution in [1.82, 2.24) is 19.9 Å². The van der Waals surface area contributed by atoms with E-state index < -0.39 is 143 Å². The number of β-amino-alcohol motifs (C(OH)–C–C–N with tert-alkyl or cyclic N) is 1. The highest BCUT2D eigenvalue weighted by Gasteiger charge is 2.19. The van der Waals surface area contributed by atoms with Crippen molar-refractivity contribution >= 4 is 51.3 Å². The number of halogens is 1. The Balaban J connectivity index is 1.95. The van der Waals surface area contributed by atoms with Crippen LogP contribution in [0.1, 0.15) is 52.6 Å². The van der Waals surface area contributed by atoms with Gasteiger partial charge in [0, 0.05) is 55.0 Å². The van der Waals surface area contributed by atoms with Gasteiger partial charge in [0.1, 0.15) is 22.3 Å². The maximum Gasteiger partial charge on any atom is 0.267 e. The molecule has 1 aliphatic heterocycles. The number of amides is 1. The molecule has 1 saturated heterocycles.